The maximum absolute atomic E-state index is 13.6. The van der Waals surface area contributed by atoms with Crippen LogP contribution in [0.4, 0.5) is 8.78 Å². The molecule has 1 heterocycles. The normalized spacial score (nSPS) is 15.9. The molecule has 11 heteroatoms. The summed E-state index contributed by atoms with van der Waals surface area (Å²) >= 11 is 1.76. The molecule has 0 aromatic heterocycles. The predicted molar refractivity (Wildman–Crippen MR) is 118 cm³/mol. The van der Waals surface area contributed by atoms with Gasteiger partial charge in [-0.25, -0.2) is 21.5 Å². The first-order valence-electron chi connectivity index (χ1n) is 8.36. The van der Waals surface area contributed by atoms with Crippen LogP contribution in [0.5, 0.6) is 0 Å². The van der Waals surface area contributed by atoms with Crippen LogP contribution in [0.25, 0.3) is 0 Å². The van der Waals surface area contributed by atoms with E-state index in [4.69, 9.17) is 0 Å². The van der Waals surface area contributed by atoms with Gasteiger partial charge in [0.2, 0.25) is 10.0 Å². The molecule has 0 unspecified atom stereocenters. The van der Waals surface area contributed by atoms with E-state index in [1.165, 1.54) is 4.31 Å². The van der Waals surface area contributed by atoms with Crippen molar-refractivity contribution in [3.63, 3.8) is 0 Å². The van der Waals surface area contributed by atoms with Crippen molar-refractivity contribution in [3.05, 3.63) is 35.4 Å². The number of benzene rings is 1. The topological polar surface area (TPSA) is 73.8 Å². The molecule has 0 spiro atoms. The first-order chi connectivity index (χ1) is 12.4. The molecule has 0 bridgehead atoms. The van der Waals surface area contributed by atoms with Gasteiger partial charge in [-0.3, -0.25) is 4.99 Å². The molecule has 1 saturated heterocycles. The highest BCUT2D eigenvalue weighted by atomic mass is 127. The van der Waals surface area contributed by atoms with E-state index in [0.29, 0.717) is 25.6 Å². The number of thioether (sulfide) groups is 1. The Balaban J connectivity index is 0.00000364. The predicted octanol–water partition coefficient (Wildman–Crippen LogP) is 1.67. The van der Waals surface area contributed by atoms with Crippen molar-refractivity contribution < 1.29 is 17.2 Å². The van der Waals surface area contributed by atoms with E-state index in [-0.39, 0.29) is 48.3 Å². The van der Waals surface area contributed by atoms with Gasteiger partial charge in [0, 0.05) is 44.7 Å². The molecule has 1 aliphatic rings. The average molecular weight is 534 g/mol. The molecule has 1 aliphatic heterocycles. The van der Waals surface area contributed by atoms with Gasteiger partial charge in [-0.15, -0.1) is 24.0 Å². The lowest BCUT2D eigenvalue weighted by molar-refractivity contribution is 0.443. The molecular formula is C16H25F2IN4O2S2. The molecule has 154 valence electrons. The fraction of sp³-hybridized carbons (Fsp3) is 0.562. The van der Waals surface area contributed by atoms with Crippen LogP contribution in [-0.2, 0) is 16.4 Å². The molecule has 0 radical (unpaired) electrons. The van der Waals surface area contributed by atoms with Gasteiger partial charge in [-0.2, -0.15) is 11.8 Å². The third-order valence-electron chi connectivity index (χ3n) is 3.93. The SMILES string of the molecule is CN=C(NCCc1cc(F)ccc1F)NCCS(=O)(=O)N1CCSCC1.I. The van der Waals surface area contributed by atoms with Gasteiger partial charge in [0.1, 0.15) is 11.6 Å². The van der Waals surface area contributed by atoms with Crippen LogP contribution in [-0.4, -0.2) is 69.2 Å². The summed E-state index contributed by atoms with van der Waals surface area (Å²) in [4.78, 5) is 4.01. The van der Waals surface area contributed by atoms with Gasteiger partial charge in [0.05, 0.1) is 5.75 Å². The van der Waals surface area contributed by atoms with Gasteiger partial charge in [0.25, 0.3) is 0 Å². The maximum atomic E-state index is 13.6. The van der Waals surface area contributed by atoms with Crippen LogP contribution in [0.3, 0.4) is 0 Å². The average Bonchev–Trinajstić information content (AvgIpc) is 2.64. The molecule has 1 aromatic rings. The Morgan fingerprint density at radius 1 is 1.22 bits per heavy atom. The van der Waals surface area contributed by atoms with Crippen molar-refractivity contribution >= 4 is 51.7 Å². The Kier molecular flexibility index (Phi) is 10.9. The van der Waals surface area contributed by atoms with E-state index < -0.39 is 21.7 Å². The highest BCUT2D eigenvalue weighted by Crippen LogP contribution is 2.13. The van der Waals surface area contributed by atoms with Gasteiger partial charge in [-0.1, -0.05) is 0 Å². The first-order valence-corrected chi connectivity index (χ1v) is 11.1. The molecule has 2 N–H and O–H groups in total. The van der Waals surface area contributed by atoms with Crippen LogP contribution in [0.1, 0.15) is 5.56 Å². The minimum absolute atomic E-state index is 0. The molecule has 0 amide bonds. The van der Waals surface area contributed by atoms with Crippen LogP contribution in [0.2, 0.25) is 0 Å². The minimum atomic E-state index is -3.28. The Hall–Kier alpha value is -0.660. The standard InChI is InChI=1S/C16H24F2N4O2S2.HI/c1-19-16(20-5-4-13-12-14(17)2-3-15(13)18)21-6-11-26(23,24)22-7-9-25-10-8-22;/h2-3,12H,4-11H2,1H3,(H2,19,20,21);1H. The second-order valence-corrected chi connectivity index (χ2v) is 9.05. The number of sulfonamides is 1. The molecule has 27 heavy (non-hydrogen) atoms. The molecule has 0 atom stereocenters. The third kappa shape index (κ3) is 8.08. The van der Waals surface area contributed by atoms with Crippen LogP contribution in [0.15, 0.2) is 23.2 Å². The summed E-state index contributed by atoms with van der Waals surface area (Å²) in [5.41, 5.74) is 0.276. The van der Waals surface area contributed by atoms with E-state index in [2.05, 4.69) is 15.6 Å². The minimum Gasteiger partial charge on any atom is -0.356 e. The van der Waals surface area contributed by atoms with Crippen molar-refractivity contribution in [1.29, 1.82) is 0 Å². The lowest BCUT2D eigenvalue weighted by atomic mass is 10.1. The maximum Gasteiger partial charge on any atom is 0.215 e. The molecule has 2 rings (SSSR count). The molecular weight excluding hydrogens is 509 g/mol. The summed E-state index contributed by atoms with van der Waals surface area (Å²) in [6.45, 7) is 1.68. The largest absolute Gasteiger partial charge is 0.356 e. The summed E-state index contributed by atoms with van der Waals surface area (Å²) in [5.74, 6) is 1.12. The Labute approximate surface area is 180 Å². The molecule has 1 aromatic carbocycles. The lowest BCUT2D eigenvalue weighted by Gasteiger charge is -2.25. The van der Waals surface area contributed by atoms with E-state index >= 15 is 0 Å². The molecule has 1 fully saturated rings. The molecule has 0 aliphatic carbocycles. The number of rotatable bonds is 7. The number of aliphatic imine (C=N–C) groups is 1. The van der Waals surface area contributed by atoms with Crippen molar-refractivity contribution in [2.75, 3.05) is 50.5 Å². The van der Waals surface area contributed by atoms with Crippen LogP contribution < -0.4 is 10.6 Å². The van der Waals surface area contributed by atoms with Crippen molar-refractivity contribution in [2.24, 2.45) is 4.99 Å². The zero-order valence-corrected chi connectivity index (χ0v) is 19.0. The number of hydrogen-bond acceptors (Lipinski definition) is 4. The summed E-state index contributed by atoms with van der Waals surface area (Å²) < 4.78 is 52.8. The van der Waals surface area contributed by atoms with E-state index in [1.54, 1.807) is 18.8 Å². The number of halogens is 3. The summed E-state index contributed by atoms with van der Waals surface area (Å²) in [5, 5.41) is 5.91. The fourth-order valence-electron chi connectivity index (χ4n) is 2.52. The van der Waals surface area contributed by atoms with Gasteiger partial charge < -0.3 is 10.6 Å². The smallest absolute Gasteiger partial charge is 0.215 e. The van der Waals surface area contributed by atoms with Crippen molar-refractivity contribution in [3.8, 4) is 0 Å². The number of nitrogens with one attached hydrogen (secondary N) is 2. The van der Waals surface area contributed by atoms with E-state index in [0.717, 1.165) is 29.7 Å². The first kappa shape index (κ1) is 24.4. The van der Waals surface area contributed by atoms with E-state index in [9.17, 15) is 17.2 Å². The lowest BCUT2D eigenvalue weighted by Crippen LogP contribution is -2.44. The Morgan fingerprint density at radius 3 is 2.56 bits per heavy atom. The van der Waals surface area contributed by atoms with Crippen LogP contribution in [0, 0.1) is 11.6 Å². The molecule has 0 saturated carbocycles. The zero-order valence-electron chi connectivity index (χ0n) is 15.1. The van der Waals surface area contributed by atoms with Gasteiger partial charge in [-0.05, 0) is 30.2 Å². The van der Waals surface area contributed by atoms with Crippen molar-refractivity contribution in [1.82, 2.24) is 14.9 Å². The number of hydrogen-bond donors (Lipinski definition) is 2. The van der Waals surface area contributed by atoms with Gasteiger partial charge >= 0.3 is 0 Å². The fourth-order valence-corrected chi connectivity index (χ4v) is 5.01. The monoisotopic (exact) mass is 534 g/mol. The second kappa shape index (κ2) is 12.0. The van der Waals surface area contributed by atoms with Crippen molar-refractivity contribution in [2.45, 2.75) is 6.42 Å². The Morgan fingerprint density at radius 2 is 1.89 bits per heavy atom. The highest BCUT2D eigenvalue weighted by molar-refractivity contribution is 14.0. The Bertz CT molecular complexity index is 729. The number of nitrogens with zero attached hydrogens (tertiary/aromatic N) is 2. The van der Waals surface area contributed by atoms with Crippen LogP contribution >= 0.6 is 35.7 Å². The summed E-state index contributed by atoms with van der Waals surface area (Å²) in [6, 6.07) is 3.34. The quantitative estimate of drug-likeness (QED) is 0.317. The molecule has 6 nitrogen and oxygen atoms in total. The van der Waals surface area contributed by atoms with E-state index in [1.807, 2.05) is 0 Å². The number of guanidine groups is 1. The van der Waals surface area contributed by atoms with Gasteiger partial charge in [0.15, 0.2) is 5.96 Å². The second-order valence-electron chi connectivity index (χ2n) is 5.74. The summed E-state index contributed by atoms with van der Waals surface area (Å²) in [7, 11) is -1.71. The third-order valence-corrected chi connectivity index (χ3v) is 6.75. The highest BCUT2D eigenvalue weighted by Gasteiger charge is 2.23. The summed E-state index contributed by atoms with van der Waals surface area (Å²) in [6.07, 6.45) is 0.286. The zero-order chi connectivity index (χ0) is 19.0.